The lowest BCUT2D eigenvalue weighted by molar-refractivity contribution is -0.189. The number of hydroxylamine groups is 2. The van der Waals surface area contributed by atoms with E-state index in [2.05, 4.69) is 4.74 Å². The van der Waals surface area contributed by atoms with Crippen molar-refractivity contribution in [3.8, 4) is 5.75 Å². The van der Waals surface area contributed by atoms with E-state index in [0.29, 0.717) is 22.4 Å². The summed E-state index contributed by atoms with van der Waals surface area (Å²) in [5.74, 6) is -4.62. The Hall–Kier alpha value is -2.95. The Morgan fingerprint density at radius 1 is 1.18 bits per heavy atom. The van der Waals surface area contributed by atoms with Crippen LogP contribution in [0.1, 0.15) is 50.6 Å². The Kier molecular flexibility index (Phi) is 6.17. The summed E-state index contributed by atoms with van der Waals surface area (Å²) in [5.41, 5.74) is 7.28. The molecule has 1 heterocycles. The van der Waals surface area contributed by atoms with Gasteiger partial charge in [0.05, 0.1) is 17.7 Å². The molecule has 1 unspecified atom stereocenters. The third-order valence-electron chi connectivity index (χ3n) is 5.30. The van der Waals surface area contributed by atoms with Gasteiger partial charge in [0.1, 0.15) is 5.75 Å². The molecule has 0 spiro atoms. The van der Waals surface area contributed by atoms with Crippen LogP contribution in [0.3, 0.4) is 0 Å². The van der Waals surface area contributed by atoms with Gasteiger partial charge in [0, 0.05) is 11.1 Å². The largest absolute Gasteiger partial charge is 0.491 e. The van der Waals surface area contributed by atoms with Crippen LogP contribution >= 0.6 is 11.6 Å². The van der Waals surface area contributed by atoms with Gasteiger partial charge in [-0.1, -0.05) is 29.8 Å². The van der Waals surface area contributed by atoms with Gasteiger partial charge in [-0.3, -0.25) is 14.4 Å². The van der Waals surface area contributed by atoms with E-state index >= 15 is 0 Å². The normalized spacial score (nSPS) is 16.7. The first-order valence-corrected chi connectivity index (χ1v) is 10.4. The molecule has 174 valence electrons. The second-order valence-corrected chi connectivity index (χ2v) is 8.26. The highest BCUT2D eigenvalue weighted by molar-refractivity contribution is 6.31. The minimum atomic E-state index is -5.27. The SMILES string of the molecule is NC(CON1C(=O)c2cccc(OC(=O)C(F)(F)F)c2C1=O)Cc1ccc(C2CC2)cc1Cl. The second kappa shape index (κ2) is 8.77. The smallest absolute Gasteiger partial charge is 0.419 e. The number of hydrogen-bond donors (Lipinski definition) is 1. The third kappa shape index (κ3) is 4.87. The molecule has 2 amide bonds. The molecule has 1 fully saturated rings. The number of amides is 2. The van der Waals surface area contributed by atoms with Gasteiger partial charge in [-0.05, 0) is 54.5 Å². The van der Waals surface area contributed by atoms with Gasteiger partial charge < -0.3 is 10.5 Å². The van der Waals surface area contributed by atoms with E-state index in [1.165, 1.54) is 17.7 Å². The number of esters is 1. The number of hydrogen-bond acceptors (Lipinski definition) is 6. The monoisotopic (exact) mass is 482 g/mol. The standard InChI is InChI=1S/C22H18ClF3N2O5/c23-16-9-12(11-4-5-11)6-7-13(16)8-14(27)10-32-28-19(29)15-2-1-3-17(18(15)20(28)30)33-21(31)22(24,25)26/h1-3,6-7,9,11,14H,4-5,8,10,27H2. The van der Waals surface area contributed by atoms with Crippen molar-refractivity contribution in [1.82, 2.24) is 5.06 Å². The average molecular weight is 483 g/mol. The summed E-state index contributed by atoms with van der Waals surface area (Å²) in [6.45, 7) is -0.246. The van der Waals surface area contributed by atoms with Gasteiger partial charge in [0.15, 0.2) is 0 Å². The number of carbonyl (C=O) groups is 3. The molecular weight excluding hydrogens is 465 g/mol. The van der Waals surface area contributed by atoms with Crippen molar-refractivity contribution in [2.24, 2.45) is 5.73 Å². The predicted octanol–water partition coefficient (Wildman–Crippen LogP) is 3.78. The maximum atomic E-state index is 12.6. The Bertz CT molecular complexity index is 1130. The first-order valence-electron chi connectivity index (χ1n) is 10.0. The molecule has 1 saturated carbocycles. The van der Waals surface area contributed by atoms with Gasteiger partial charge in [-0.2, -0.15) is 13.2 Å². The Labute approximate surface area is 191 Å². The zero-order valence-electron chi connectivity index (χ0n) is 17.0. The first-order chi connectivity index (χ1) is 15.6. The van der Waals surface area contributed by atoms with E-state index in [1.54, 1.807) is 0 Å². The highest BCUT2D eigenvalue weighted by atomic mass is 35.5. The van der Waals surface area contributed by atoms with Gasteiger partial charge >= 0.3 is 12.1 Å². The zero-order chi connectivity index (χ0) is 23.9. The van der Waals surface area contributed by atoms with E-state index in [0.717, 1.165) is 24.5 Å². The topological polar surface area (TPSA) is 98.9 Å². The molecule has 11 heteroatoms. The van der Waals surface area contributed by atoms with E-state index in [1.807, 2.05) is 18.2 Å². The number of halogens is 4. The van der Waals surface area contributed by atoms with Gasteiger partial charge in [0.25, 0.3) is 11.8 Å². The quantitative estimate of drug-likeness (QED) is 0.366. The average Bonchev–Trinajstić information content (AvgIpc) is 3.56. The molecule has 1 atom stereocenters. The fourth-order valence-electron chi connectivity index (χ4n) is 3.50. The van der Waals surface area contributed by atoms with Crippen molar-refractivity contribution in [2.75, 3.05) is 6.61 Å². The number of nitrogens with zero attached hydrogens (tertiary/aromatic N) is 1. The molecule has 0 bridgehead atoms. The molecule has 2 N–H and O–H groups in total. The van der Waals surface area contributed by atoms with Crippen molar-refractivity contribution >= 4 is 29.4 Å². The fourth-order valence-corrected chi connectivity index (χ4v) is 3.77. The van der Waals surface area contributed by atoms with Crippen LogP contribution in [-0.4, -0.2) is 41.7 Å². The lowest BCUT2D eigenvalue weighted by atomic mass is 10.0. The maximum Gasteiger partial charge on any atom is 0.491 e. The summed E-state index contributed by atoms with van der Waals surface area (Å²) in [7, 11) is 0. The maximum absolute atomic E-state index is 12.6. The third-order valence-corrected chi connectivity index (χ3v) is 5.65. The van der Waals surface area contributed by atoms with Crippen LogP contribution in [-0.2, 0) is 16.1 Å². The van der Waals surface area contributed by atoms with Crippen LogP contribution in [0.2, 0.25) is 5.02 Å². The summed E-state index contributed by atoms with van der Waals surface area (Å²) in [5, 5.41) is 0.958. The van der Waals surface area contributed by atoms with E-state index in [9.17, 15) is 27.6 Å². The van der Waals surface area contributed by atoms with Crippen LogP contribution in [0.5, 0.6) is 5.75 Å². The summed E-state index contributed by atoms with van der Waals surface area (Å²) >= 11 is 6.33. The molecule has 4 rings (SSSR count). The number of nitrogens with two attached hydrogens (primary N) is 1. The van der Waals surface area contributed by atoms with E-state index < -0.39 is 41.3 Å². The van der Waals surface area contributed by atoms with E-state index in [4.69, 9.17) is 22.2 Å². The number of rotatable bonds is 7. The molecule has 0 saturated heterocycles. The number of fused-ring (bicyclic) bond motifs is 1. The molecule has 33 heavy (non-hydrogen) atoms. The van der Waals surface area contributed by atoms with Gasteiger partial charge in [-0.15, -0.1) is 5.06 Å². The van der Waals surface area contributed by atoms with Crippen LogP contribution in [0.4, 0.5) is 13.2 Å². The molecular formula is C22H18ClF3N2O5. The minimum absolute atomic E-state index is 0.246. The highest BCUT2D eigenvalue weighted by Gasteiger charge is 2.44. The molecule has 0 aromatic heterocycles. The summed E-state index contributed by atoms with van der Waals surface area (Å²) in [6, 6.07) is 8.50. The lowest BCUT2D eigenvalue weighted by Gasteiger charge is -2.18. The van der Waals surface area contributed by atoms with E-state index in [-0.39, 0.29) is 12.2 Å². The number of ether oxygens (including phenoxy) is 1. The van der Waals surface area contributed by atoms with Crippen LogP contribution in [0.25, 0.3) is 0 Å². The fraction of sp³-hybridized carbons (Fsp3) is 0.318. The van der Waals surface area contributed by atoms with Crippen LogP contribution in [0.15, 0.2) is 36.4 Å². The number of carbonyl (C=O) groups excluding carboxylic acids is 3. The minimum Gasteiger partial charge on any atom is -0.419 e. The number of benzene rings is 2. The Morgan fingerprint density at radius 3 is 2.55 bits per heavy atom. The van der Waals surface area contributed by atoms with Gasteiger partial charge in [0.2, 0.25) is 0 Å². The van der Waals surface area contributed by atoms with Gasteiger partial charge in [-0.25, -0.2) is 4.79 Å². The van der Waals surface area contributed by atoms with Crippen molar-refractivity contribution in [3.63, 3.8) is 0 Å². The predicted molar refractivity (Wildman–Crippen MR) is 110 cm³/mol. The summed E-state index contributed by atoms with van der Waals surface area (Å²) in [6.07, 6.45) is -2.68. The van der Waals surface area contributed by atoms with Crippen molar-refractivity contribution in [3.05, 3.63) is 63.7 Å². The Balaban J connectivity index is 1.41. The lowest BCUT2D eigenvalue weighted by Crippen LogP contribution is -2.37. The highest BCUT2D eigenvalue weighted by Crippen LogP contribution is 2.41. The second-order valence-electron chi connectivity index (χ2n) is 7.86. The van der Waals surface area contributed by atoms with Crippen molar-refractivity contribution < 1.29 is 37.1 Å². The number of alkyl halides is 3. The van der Waals surface area contributed by atoms with Crippen LogP contribution in [0, 0.1) is 0 Å². The summed E-state index contributed by atoms with van der Waals surface area (Å²) < 4.78 is 41.9. The molecule has 2 aromatic rings. The molecule has 2 aromatic carbocycles. The number of imide groups is 1. The van der Waals surface area contributed by atoms with Crippen molar-refractivity contribution in [1.29, 1.82) is 0 Å². The molecule has 2 aliphatic rings. The Morgan fingerprint density at radius 2 is 1.91 bits per heavy atom. The molecule has 1 aliphatic carbocycles. The molecule has 1 aliphatic heterocycles. The zero-order valence-corrected chi connectivity index (χ0v) is 17.8. The summed E-state index contributed by atoms with van der Waals surface area (Å²) in [4.78, 5) is 41.6. The first kappa shape index (κ1) is 23.2. The molecule has 7 nitrogen and oxygen atoms in total. The van der Waals surface area contributed by atoms with Crippen LogP contribution < -0.4 is 10.5 Å². The molecule has 0 radical (unpaired) electrons. The van der Waals surface area contributed by atoms with Crippen molar-refractivity contribution in [2.45, 2.75) is 37.4 Å².